The van der Waals surface area contributed by atoms with E-state index in [2.05, 4.69) is 4.72 Å². The Bertz CT molecular complexity index is 556. The molecule has 17 heavy (non-hydrogen) atoms. The van der Waals surface area contributed by atoms with Gasteiger partial charge in [0.2, 0.25) is 10.0 Å². The van der Waals surface area contributed by atoms with E-state index in [9.17, 15) is 13.2 Å². The van der Waals surface area contributed by atoms with Crippen molar-refractivity contribution in [2.75, 3.05) is 0 Å². The lowest BCUT2D eigenvalue weighted by atomic mass is 10.3. The first-order valence-corrected chi connectivity index (χ1v) is 6.94. The average Bonchev–Trinajstić information content (AvgIpc) is 2.65. The van der Waals surface area contributed by atoms with Gasteiger partial charge in [0.25, 0.3) is 0 Å². The van der Waals surface area contributed by atoms with E-state index in [1.54, 1.807) is 6.92 Å². The standard InChI is InChI=1S/C9H10N2O4S2/c1-6(2-3-10)11-17(14,15)8-4-7(5-16-8)9(12)13/h4-6,11H,2H2,1H3,(H,12,13). The third-order valence-corrected chi connectivity index (χ3v) is 4.87. The monoisotopic (exact) mass is 274 g/mol. The number of rotatable bonds is 5. The summed E-state index contributed by atoms with van der Waals surface area (Å²) in [6.07, 6.45) is 0.0520. The minimum absolute atomic E-state index is 0.0520. The number of carboxylic acids is 1. The molecule has 1 atom stereocenters. The molecule has 2 N–H and O–H groups in total. The number of hydrogen-bond donors (Lipinski definition) is 2. The number of thiophene rings is 1. The van der Waals surface area contributed by atoms with E-state index in [0.717, 1.165) is 17.4 Å². The number of aromatic carboxylic acids is 1. The largest absolute Gasteiger partial charge is 0.478 e. The summed E-state index contributed by atoms with van der Waals surface area (Å²) in [5.41, 5.74) is -0.0664. The third kappa shape index (κ3) is 3.52. The Balaban J connectivity index is 2.90. The van der Waals surface area contributed by atoms with Crippen molar-refractivity contribution < 1.29 is 18.3 Å². The van der Waals surface area contributed by atoms with Gasteiger partial charge in [-0.2, -0.15) is 5.26 Å². The van der Waals surface area contributed by atoms with Crippen LogP contribution < -0.4 is 4.72 Å². The maximum absolute atomic E-state index is 11.8. The molecule has 1 unspecified atom stereocenters. The molecule has 0 saturated carbocycles. The van der Waals surface area contributed by atoms with Gasteiger partial charge in [0.1, 0.15) is 4.21 Å². The average molecular weight is 274 g/mol. The first-order valence-electron chi connectivity index (χ1n) is 4.58. The lowest BCUT2D eigenvalue weighted by Crippen LogP contribution is -2.31. The number of hydrogen-bond acceptors (Lipinski definition) is 5. The van der Waals surface area contributed by atoms with E-state index in [1.165, 1.54) is 5.38 Å². The minimum Gasteiger partial charge on any atom is -0.478 e. The smallest absolute Gasteiger partial charge is 0.336 e. The van der Waals surface area contributed by atoms with Crippen LogP contribution in [0, 0.1) is 11.3 Å². The summed E-state index contributed by atoms with van der Waals surface area (Å²) in [6.45, 7) is 1.56. The molecule has 0 bridgehead atoms. The number of carboxylic acid groups (broad SMARTS) is 1. The lowest BCUT2D eigenvalue weighted by Gasteiger charge is -2.08. The van der Waals surface area contributed by atoms with Gasteiger partial charge in [-0.15, -0.1) is 11.3 Å². The second-order valence-corrected chi connectivity index (χ2v) is 6.20. The van der Waals surface area contributed by atoms with Crippen molar-refractivity contribution in [1.29, 1.82) is 5.26 Å². The molecular weight excluding hydrogens is 264 g/mol. The zero-order valence-electron chi connectivity index (χ0n) is 8.87. The first-order chi connectivity index (χ1) is 7.86. The molecular formula is C9H10N2O4S2. The number of nitrogens with one attached hydrogen (secondary N) is 1. The molecule has 0 aromatic carbocycles. The quantitative estimate of drug-likeness (QED) is 0.833. The number of nitriles is 1. The van der Waals surface area contributed by atoms with Crippen LogP contribution in [0.25, 0.3) is 0 Å². The van der Waals surface area contributed by atoms with Crippen LogP contribution in [-0.2, 0) is 10.0 Å². The third-order valence-electron chi connectivity index (χ3n) is 1.84. The fourth-order valence-corrected chi connectivity index (χ4v) is 3.48. The molecule has 1 aromatic heterocycles. The highest BCUT2D eigenvalue weighted by atomic mass is 32.2. The molecule has 1 rings (SSSR count). The Labute approximate surface area is 103 Å². The number of nitrogens with zero attached hydrogens (tertiary/aromatic N) is 1. The van der Waals surface area contributed by atoms with Gasteiger partial charge in [0.05, 0.1) is 18.1 Å². The Morgan fingerprint density at radius 2 is 2.35 bits per heavy atom. The molecule has 0 fully saturated rings. The highest BCUT2D eigenvalue weighted by Gasteiger charge is 2.20. The van der Waals surface area contributed by atoms with E-state index in [4.69, 9.17) is 10.4 Å². The van der Waals surface area contributed by atoms with Gasteiger partial charge in [-0.25, -0.2) is 17.9 Å². The van der Waals surface area contributed by atoms with Crippen molar-refractivity contribution in [3.8, 4) is 6.07 Å². The fraction of sp³-hybridized carbons (Fsp3) is 0.333. The molecule has 0 aliphatic rings. The second-order valence-electron chi connectivity index (χ2n) is 3.34. The van der Waals surface area contributed by atoms with Gasteiger partial charge < -0.3 is 5.11 Å². The summed E-state index contributed by atoms with van der Waals surface area (Å²) in [6, 6.07) is 2.43. The van der Waals surface area contributed by atoms with Gasteiger partial charge >= 0.3 is 5.97 Å². The van der Waals surface area contributed by atoms with Gasteiger partial charge in [-0.1, -0.05) is 0 Å². The van der Waals surface area contributed by atoms with Crippen molar-refractivity contribution in [3.05, 3.63) is 17.0 Å². The Morgan fingerprint density at radius 3 is 2.82 bits per heavy atom. The molecule has 6 nitrogen and oxygen atoms in total. The van der Waals surface area contributed by atoms with Crippen LogP contribution in [0.15, 0.2) is 15.7 Å². The SMILES string of the molecule is CC(CC#N)NS(=O)(=O)c1cc(C(=O)O)cs1. The van der Waals surface area contributed by atoms with Crippen molar-refractivity contribution in [2.24, 2.45) is 0 Å². The van der Waals surface area contributed by atoms with E-state index in [1.807, 2.05) is 6.07 Å². The molecule has 92 valence electrons. The molecule has 0 aliphatic carbocycles. The molecule has 0 aliphatic heterocycles. The Hall–Kier alpha value is -1.43. The van der Waals surface area contributed by atoms with Gasteiger partial charge in [0.15, 0.2) is 0 Å². The van der Waals surface area contributed by atoms with Crippen LogP contribution in [-0.4, -0.2) is 25.5 Å². The predicted octanol–water partition coefficient (Wildman–Crippen LogP) is 1.03. The Morgan fingerprint density at radius 1 is 1.71 bits per heavy atom. The molecule has 0 amide bonds. The van der Waals surface area contributed by atoms with Crippen LogP contribution in [0.1, 0.15) is 23.7 Å². The van der Waals surface area contributed by atoms with Crippen molar-refractivity contribution in [1.82, 2.24) is 4.72 Å². The van der Waals surface area contributed by atoms with E-state index in [0.29, 0.717) is 0 Å². The van der Waals surface area contributed by atoms with Crippen molar-refractivity contribution >= 4 is 27.3 Å². The molecule has 0 saturated heterocycles. The first kappa shape index (κ1) is 13.6. The maximum atomic E-state index is 11.8. The van der Waals surface area contributed by atoms with Crippen molar-refractivity contribution in [3.63, 3.8) is 0 Å². The zero-order valence-corrected chi connectivity index (χ0v) is 10.5. The summed E-state index contributed by atoms with van der Waals surface area (Å²) < 4.78 is 25.7. The summed E-state index contributed by atoms with van der Waals surface area (Å²) in [5.74, 6) is -1.17. The van der Waals surface area contributed by atoms with E-state index in [-0.39, 0.29) is 16.2 Å². The molecule has 1 aromatic rings. The maximum Gasteiger partial charge on any atom is 0.336 e. The summed E-state index contributed by atoms with van der Waals surface area (Å²) in [7, 11) is -3.74. The van der Waals surface area contributed by atoms with Gasteiger partial charge in [0, 0.05) is 11.4 Å². The minimum atomic E-state index is -3.74. The van der Waals surface area contributed by atoms with Gasteiger partial charge in [-0.3, -0.25) is 0 Å². The topological polar surface area (TPSA) is 107 Å². The van der Waals surface area contributed by atoms with Crippen LogP contribution in [0.3, 0.4) is 0 Å². The number of carbonyl (C=O) groups is 1. The molecule has 0 radical (unpaired) electrons. The predicted molar refractivity (Wildman–Crippen MR) is 61.3 cm³/mol. The van der Waals surface area contributed by atoms with E-state index < -0.39 is 22.0 Å². The van der Waals surface area contributed by atoms with E-state index >= 15 is 0 Å². The van der Waals surface area contributed by atoms with Crippen LogP contribution in [0.4, 0.5) is 0 Å². The summed E-state index contributed by atoms with van der Waals surface area (Å²) in [5, 5.41) is 18.4. The Kier molecular flexibility index (Phi) is 4.22. The summed E-state index contributed by atoms with van der Waals surface area (Å²) in [4.78, 5) is 10.6. The highest BCUT2D eigenvalue weighted by molar-refractivity contribution is 7.91. The van der Waals surface area contributed by atoms with Crippen LogP contribution in [0.2, 0.25) is 0 Å². The fourth-order valence-electron chi connectivity index (χ4n) is 1.07. The van der Waals surface area contributed by atoms with Crippen molar-refractivity contribution in [2.45, 2.75) is 23.6 Å². The molecule has 8 heteroatoms. The molecule has 0 spiro atoms. The number of sulfonamides is 1. The lowest BCUT2D eigenvalue weighted by molar-refractivity contribution is 0.0697. The van der Waals surface area contributed by atoms with Crippen LogP contribution in [0.5, 0.6) is 0 Å². The second kappa shape index (κ2) is 5.27. The highest BCUT2D eigenvalue weighted by Crippen LogP contribution is 2.20. The zero-order chi connectivity index (χ0) is 13.1. The summed E-state index contributed by atoms with van der Waals surface area (Å²) >= 11 is 0.831. The molecule has 1 heterocycles. The van der Waals surface area contributed by atoms with Gasteiger partial charge in [-0.05, 0) is 13.0 Å². The normalized spacial score (nSPS) is 12.9. The van der Waals surface area contributed by atoms with Crippen LogP contribution >= 0.6 is 11.3 Å².